The molecule has 2 atom stereocenters. The van der Waals surface area contributed by atoms with Crippen LogP contribution in [0.5, 0.6) is 0 Å². The van der Waals surface area contributed by atoms with Crippen LogP contribution in [0.25, 0.3) is 0 Å². The smallest absolute Gasteiger partial charge is 0.113 e. The number of nitrogens with zero attached hydrogens (tertiary/aromatic N) is 1. The minimum atomic E-state index is 0. The summed E-state index contributed by atoms with van der Waals surface area (Å²) in [5.41, 5.74) is 0. The first-order valence-corrected chi connectivity index (χ1v) is 9.36. The molecule has 0 saturated carbocycles. The van der Waals surface area contributed by atoms with Crippen molar-refractivity contribution in [2.45, 2.75) is 18.9 Å². The second-order valence-corrected chi connectivity index (χ2v) is 6.62. The van der Waals surface area contributed by atoms with E-state index in [1.165, 1.54) is 19.4 Å². The van der Waals surface area contributed by atoms with E-state index < -0.39 is 0 Å². The summed E-state index contributed by atoms with van der Waals surface area (Å²) in [6, 6.07) is 0.556. The third-order valence-electron chi connectivity index (χ3n) is 4.75. The van der Waals surface area contributed by atoms with Crippen molar-refractivity contribution >= 4 is 0 Å². The molecular weight excluding hydrogens is 453 g/mol. The van der Waals surface area contributed by atoms with Gasteiger partial charge in [0.15, 0.2) is 0 Å². The highest BCUT2D eigenvalue weighted by molar-refractivity contribution is 4.67. The molecule has 1 rings (SSSR count). The summed E-state index contributed by atoms with van der Waals surface area (Å²) in [4.78, 5) is 0. The zero-order valence-electron chi connectivity index (χ0n) is 16.8. The Hall–Kier alpha value is 0.450. The number of rotatable bonds is 17. The molecule has 0 aromatic rings. The van der Waals surface area contributed by atoms with Gasteiger partial charge in [-0.1, -0.05) is 0 Å². The largest absolute Gasteiger partial charge is 1.00 e. The molecule has 0 N–H and O–H groups in total. The van der Waals surface area contributed by atoms with Crippen LogP contribution in [0.3, 0.4) is 0 Å². The minimum Gasteiger partial charge on any atom is -1.00 e. The number of methoxy groups -OCH3 is 2. The average Bonchev–Trinajstić information content (AvgIpc) is 2.97. The number of hydrogen-bond donors (Lipinski definition) is 0. The van der Waals surface area contributed by atoms with Crippen molar-refractivity contribution in [1.82, 2.24) is 0 Å². The van der Waals surface area contributed by atoms with Crippen molar-refractivity contribution in [3.8, 4) is 0 Å². The Morgan fingerprint density at radius 2 is 1.23 bits per heavy atom. The first-order chi connectivity index (χ1) is 12.2. The SMILES string of the molecule is COCCOCCOCC[N+]1(C)CCCC1COCCOCCOC.[I-]. The molecule has 0 spiro atoms. The molecule has 1 heterocycles. The number of halogens is 1. The number of likely N-dealkylation sites (tertiary alicyclic amines) is 1. The monoisotopic (exact) mass is 491 g/mol. The molecule has 26 heavy (non-hydrogen) atoms. The van der Waals surface area contributed by atoms with E-state index in [0.717, 1.165) is 24.2 Å². The van der Waals surface area contributed by atoms with Gasteiger partial charge in [0.2, 0.25) is 0 Å². The van der Waals surface area contributed by atoms with Gasteiger partial charge in [-0.15, -0.1) is 0 Å². The Morgan fingerprint density at radius 3 is 1.81 bits per heavy atom. The van der Waals surface area contributed by atoms with Crippen molar-refractivity contribution in [3.63, 3.8) is 0 Å². The van der Waals surface area contributed by atoms with Gasteiger partial charge in [0.25, 0.3) is 0 Å². The van der Waals surface area contributed by atoms with Crippen molar-refractivity contribution in [2.24, 2.45) is 0 Å². The number of likely N-dealkylation sites (N-methyl/N-ethyl adjacent to an activating group) is 1. The topological polar surface area (TPSA) is 55.4 Å². The van der Waals surface area contributed by atoms with Gasteiger partial charge in [0.05, 0.1) is 79.7 Å². The number of quaternary nitrogens is 1. The molecule has 0 aromatic carbocycles. The lowest BCUT2D eigenvalue weighted by atomic mass is 10.2. The Labute approximate surface area is 176 Å². The Morgan fingerprint density at radius 1 is 0.731 bits per heavy atom. The summed E-state index contributed by atoms with van der Waals surface area (Å²) in [5.74, 6) is 0. The van der Waals surface area contributed by atoms with E-state index in [-0.39, 0.29) is 24.0 Å². The average molecular weight is 491 g/mol. The standard InChI is InChI=1S/C18H38NO6.HI/c1-19(7-8-22-13-14-23-11-9-20-2)6-4-5-18(19)17-25-16-15-24-12-10-21-3;/h18H,4-17H2,1-3H3;1H/q+1;/p-1. The van der Waals surface area contributed by atoms with Crippen molar-refractivity contribution in [2.75, 3.05) is 100 Å². The second-order valence-electron chi connectivity index (χ2n) is 6.62. The van der Waals surface area contributed by atoms with E-state index in [1.807, 2.05) is 0 Å². The molecule has 0 amide bonds. The number of ether oxygens (including phenoxy) is 6. The maximum absolute atomic E-state index is 5.82. The van der Waals surface area contributed by atoms with Crippen LogP contribution in [0.4, 0.5) is 0 Å². The maximum Gasteiger partial charge on any atom is 0.113 e. The van der Waals surface area contributed by atoms with E-state index >= 15 is 0 Å². The molecule has 1 aliphatic heterocycles. The van der Waals surface area contributed by atoms with Crippen molar-refractivity contribution in [1.29, 1.82) is 0 Å². The summed E-state index contributed by atoms with van der Waals surface area (Å²) in [5, 5.41) is 0. The Bertz CT molecular complexity index is 313. The molecule has 1 aliphatic rings. The third-order valence-corrected chi connectivity index (χ3v) is 4.75. The highest BCUT2D eigenvalue weighted by Crippen LogP contribution is 2.24. The third kappa shape index (κ3) is 12.0. The molecule has 8 heteroatoms. The first kappa shape index (κ1) is 26.4. The lowest BCUT2D eigenvalue weighted by Crippen LogP contribution is -3.00. The lowest BCUT2D eigenvalue weighted by molar-refractivity contribution is -0.921. The van der Waals surface area contributed by atoms with E-state index in [2.05, 4.69) is 7.05 Å². The van der Waals surface area contributed by atoms with E-state index in [1.54, 1.807) is 14.2 Å². The van der Waals surface area contributed by atoms with Gasteiger partial charge >= 0.3 is 0 Å². The summed E-state index contributed by atoms with van der Waals surface area (Å²) in [6.07, 6.45) is 2.48. The van der Waals surface area contributed by atoms with Crippen molar-refractivity contribution < 1.29 is 56.9 Å². The van der Waals surface area contributed by atoms with Gasteiger partial charge in [-0.2, -0.15) is 0 Å². The molecule has 7 nitrogen and oxygen atoms in total. The lowest BCUT2D eigenvalue weighted by Gasteiger charge is -2.36. The van der Waals surface area contributed by atoms with Gasteiger partial charge in [0.1, 0.15) is 12.6 Å². The highest BCUT2D eigenvalue weighted by atomic mass is 127. The van der Waals surface area contributed by atoms with Crippen molar-refractivity contribution in [3.05, 3.63) is 0 Å². The molecular formula is C18H38INO6. The quantitative estimate of drug-likeness (QED) is 0.133. The van der Waals surface area contributed by atoms with Gasteiger partial charge in [0, 0.05) is 27.1 Å². The molecule has 158 valence electrons. The maximum atomic E-state index is 5.82. The molecule has 2 unspecified atom stereocenters. The van der Waals surface area contributed by atoms with Gasteiger partial charge in [-0.3, -0.25) is 0 Å². The molecule has 0 radical (unpaired) electrons. The normalized spacial score (nSPS) is 22.5. The molecule has 0 bridgehead atoms. The van der Waals surface area contributed by atoms with Gasteiger partial charge < -0.3 is 56.9 Å². The van der Waals surface area contributed by atoms with Crippen LogP contribution in [0.15, 0.2) is 0 Å². The predicted molar refractivity (Wildman–Crippen MR) is 96.0 cm³/mol. The molecule has 0 aromatic heterocycles. The zero-order chi connectivity index (χ0) is 18.2. The fourth-order valence-electron chi connectivity index (χ4n) is 3.06. The van der Waals surface area contributed by atoms with Crippen LogP contribution in [-0.4, -0.2) is 111 Å². The van der Waals surface area contributed by atoms with Gasteiger partial charge in [-0.25, -0.2) is 0 Å². The first-order valence-electron chi connectivity index (χ1n) is 9.36. The summed E-state index contributed by atoms with van der Waals surface area (Å²) in [7, 11) is 5.67. The zero-order valence-corrected chi connectivity index (χ0v) is 18.9. The van der Waals surface area contributed by atoms with E-state index in [4.69, 9.17) is 28.4 Å². The van der Waals surface area contributed by atoms with Crippen LogP contribution >= 0.6 is 0 Å². The van der Waals surface area contributed by atoms with E-state index in [9.17, 15) is 0 Å². The van der Waals surface area contributed by atoms with E-state index in [0.29, 0.717) is 58.9 Å². The van der Waals surface area contributed by atoms with Crippen LogP contribution in [-0.2, 0) is 28.4 Å². The number of hydrogen-bond acceptors (Lipinski definition) is 6. The van der Waals surface area contributed by atoms with Crippen LogP contribution in [0, 0.1) is 0 Å². The Balaban J connectivity index is 0.00000625. The van der Waals surface area contributed by atoms with Crippen LogP contribution in [0.2, 0.25) is 0 Å². The predicted octanol–water partition coefficient (Wildman–Crippen LogP) is -2.04. The van der Waals surface area contributed by atoms with Gasteiger partial charge in [-0.05, 0) is 0 Å². The summed E-state index contributed by atoms with van der Waals surface area (Å²) in [6.45, 7) is 8.86. The fraction of sp³-hybridized carbons (Fsp3) is 1.00. The van der Waals surface area contributed by atoms with Crippen LogP contribution < -0.4 is 24.0 Å². The highest BCUT2D eigenvalue weighted by Gasteiger charge is 2.37. The molecule has 0 aliphatic carbocycles. The van der Waals surface area contributed by atoms with Crippen LogP contribution in [0.1, 0.15) is 12.8 Å². The minimum absolute atomic E-state index is 0. The second kappa shape index (κ2) is 17.5. The summed E-state index contributed by atoms with van der Waals surface area (Å²) >= 11 is 0. The fourth-order valence-corrected chi connectivity index (χ4v) is 3.06. The molecule has 1 saturated heterocycles. The Kier molecular flexibility index (Phi) is 17.8. The molecule has 1 fully saturated rings. The summed E-state index contributed by atoms with van der Waals surface area (Å²) < 4.78 is 33.3.